The maximum atomic E-state index is 12.7. The summed E-state index contributed by atoms with van der Waals surface area (Å²) in [5.74, 6) is -0.368. The van der Waals surface area contributed by atoms with Crippen LogP contribution in [0.15, 0.2) is 75.4 Å². The summed E-state index contributed by atoms with van der Waals surface area (Å²) in [5.41, 5.74) is 2.08. The highest BCUT2D eigenvalue weighted by molar-refractivity contribution is 9.10. The van der Waals surface area contributed by atoms with Gasteiger partial charge in [-0.3, -0.25) is 4.79 Å². The molecule has 29 heavy (non-hydrogen) atoms. The quantitative estimate of drug-likeness (QED) is 0.533. The van der Waals surface area contributed by atoms with Gasteiger partial charge in [0.15, 0.2) is 0 Å². The van der Waals surface area contributed by atoms with Gasteiger partial charge in [0.25, 0.3) is 0 Å². The molecule has 0 spiro atoms. The maximum Gasteiger partial charge on any atom is 0.243 e. The number of thiophene rings is 1. The van der Waals surface area contributed by atoms with E-state index in [1.165, 1.54) is 19.2 Å². The number of nitrogens with zero attached hydrogens (tertiary/aromatic N) is 1. The van der Waals surface area contributed by atoms with E-state index in [1.54, 1.807) is 23.5 Å². The molecule has 0 aliphatic heterocycles. The molecule has 0 saturated heterocycles. The second-order valence-corrected chi connectivity index (χ2v) is 10.6. The van der Waals surface area contributed by atoms with E-state index in [-0.39, 0.29) is 23.4 Å². The number of rotatable bonds is 7. The Morgan fingerprint density at radius 1 is 1.10 bits per heavy atom. The Morgan fingerprint density at radius 2 is 1.76 bits per heavy atom. The molecule has 0 fully saturated rings. The van der Waals surface area contributed by atoms with Crippen molar-refractivity contribution in [3.05, 3.63) is 86.5 Å². The third-order valence-corrected chi connectivity index (χ3v) is 7.72. The van der Waals surface area contributed by atoms with Gasteiger partial charge in [0.1, 0.15) is 0 Å². The fourth-order valence-corrected chi connectivity index (χ4v) is 5.01. The Labute approximate surface area is 183 Å². The molecule has 1 unspecified atom stereocenters. The zero-order chi connectivity index (χ0) is 21.0. The molecule has 0 saturated carbocycles. The van der Waals surface area contributed by atoms with Gasteiger partial charge in [0.2, 0.25) is 15.9 Å². The van der Waals surface area contributed by atoms with Gasteiger partial charge in [-0.1, -0.05) is 51.8 Å². The smallest absolute Gasteiger partial charge is 0.243 e. The van der Waals surface area contributed by atoms with Gasteiger partial charge < -0.3 is 5.32 Å². The normalized spacial score (nSPS) is 12.7. The van der Waals surface area contributed by atoms with Crippen LogP contribution in [0.4, 0.5) is 0 Å². The summed E-state index contributed by atoms with van der Waals surface area (Å²) >= 11 is 4.83. The molecule has 2 aromatic carbocycles. The monoisotopic (exact) mass is 492 g/mol. The van der Waals surface area contributed by atoms with Crippen molar-refractivity contribution in [1.29, 1.82) is 0 Å². The second kappa shape index (κ2) is 9.21. The minimum atomic E-state index is -3.76. The molecular weight excluding hydrogens is 472 g/mol. The van der Waals surface area contributed by atoms with Crippen LogP contribution in [0.5, 0.6) is 0 Å². The van der Waals surface area contributed by atoms with E-state index in [0.29, 0.717) is 0 Å². The van der Waals surface area contributed by atoms with E-state index in [4.69, 9.17) is 0 Å². The van der Waals surface area contributed by atoms with Crippen LogP contribution in [0, 0.1) is 6.92 Å². The number of likely N-dealkylation sites (N-methyl/N-ethyl adjacent to an activating group) is 1. The summed E-state index contributed by atoms with van der Waals surface area (Å²) in [7, 11) is -2.35. The Kier molecular flexibility index (Phi) is 6.89. The lowest BCUT2D eigenvalue weighted by atomic mass is 10.0. The van der Waals surface area contributed by atoms with Crippen molar-refractivity contribution in [2.45, 2.75) is 17.9 Å². The number of benzene rings is 2. The lowest BCUT2D eigenvalue weighted by Crippen LogP contribution is -2.39. The molecule has 1 heterocycles. The highest BCUT2D eigenvalue weighted by atomic mass is 79.9. The molecule has 1 N–H and O–H groups in total. The van der Waals surface area contributed by atoms with E-state index in [1.807, 2.05) is 48.7 Å². The zero-order valence-electron chi connectivity index (χ0n) is 16.0. The molecule has 5 nitrogen and oxygen atoms in total. The van der Waals surface area contributed by atoms with E-state index in [9.17, 15) is 13.2 Å². The fourth-order valence-electron chi connectivity index (χ4n) is 2.81. The number of sulfonamides is 1. The Hall–Kier alpha value is -2.00. The molecule has 1 atom stereocenters. The van der Waals surface area contributed by atoms with Crippen molar-refractivity contribution in [2.75, 3.05) is 13.6 Å². The number of aryl methyl sites for hydroxylation is 1. The third-order valence-electron chi connectivity index (χ3n) is 4.43. The molecule has 0 aliphatic carbocycles. The predicted octanol–water partition coefficient (Wildman–Crippen LogP) is 4.35. The van der Waals surface area contributed by atoms with E-state index < -0.39 is 10.0 Å². The predicted molar refractivity (Wildman–Crippen MR) is 119 cm³/mol. The molecule has 0 aliphatic rings. The number of carbonyl (C=O) groups is 1. The molecule has 0 radical (unpaired) electrons. The number of hydrogen-bond acceptors (Lipinski definition) is 4. The van der Waals surface area contributed by atoms with Crippen LogP contribution >= 0.6 is 27.3 Å². The summed E-state index contributed by atoms with van der Waals surface area (Å²) in [6.45, 7) is 1.73. The Morgan fingerprint density at radius 3 is 2.34 bits per heavy atom. The summed E-state index contributed by atoms with van der Waals surface area (Å²) < 4.78 is 27.3. The third kappa shape index (κ3) is 5.33. The van der Waals surface area contributed by atoms with Crippen molar-refractivity contribution in [3.63, 3.8) is 0 Å². The first-order chi connectivity index (χ1) is 13.8. The van der Waals surface area contributed by atoms with Crippen LogP contribution in [0.2, 0.25) is 0 Å². The van der Waals surface area contributed by atoms with Crippen molar-refractivity contribution in [2.24, 2.45) is 0 Å². The van der Waals surface area contributed by atoms with Gasteiger partial charge in [-0.2, -0.15) is 4.31 Å². The van der Waals surface area contributed by atoms with Crippen LogP contribution in [-0.4, -0.2) is 32.2 Å². The first kappa shape index (κ1) is 21.7. The topological polar surface area (TPSA) is 66.5 Å². The van der Waals surface area contributed by atoms with Gasteiger partial charge in [0.05, 0.1) is 17.5 Å². The van der Waals surface area contributed by atoms with Crippen LogP contribution in [0.3, 0.4) is 0 Å². The molecular formula is C21H21BrN2O3S2. The largest absolute Gasteiger partial charge is 0.343 e. The van der Waals surface area contributed by atoms with Crippen LogP contribution in [0.25, 0.3) is 0 Å². The van der Waals surface area contributed by atoms with E-state index in [0.717, 1.165) is 24.8 Å². The van der Waals surface area contributed by atoms with Crippen molar-refractivity contribution in [1.82, 2.24) is 9.62 Å². The molecule has 1 amide bonds. The van der Waals surface area contributed by atoms with Gasteiger partial charge >= 0.3 is 0 Å². The number of nitrogens with one attached hydrogen (secondary N) is 1. The first-order valence-corrected chi connectivity index (χ1v) is 12.0. The first-order valence-electron chi connectivity index (χ1n) is 8.88. The molecule has 152 valence electrons. The van der Waals surface area contributed by atoms with Crippen LogP contribution < -0.4 is 5.32 Å². The average Bonchev–Trinajstić information content (AvgIpc) is 3.21. The highest BCUT2D eigenvalue weighted by Crippen LogP contribution is 2.26. The lowest BCUT2D eigenvalue weighted by Gasteiger charge is -2.21. The van der Waals surface area contributed by atoms with E-state index >= 15 is 0 Å². The number of carbonyl (C=O) groups excluding carboxylic acids is 1. The molecule has 0 bridgehead atoms. The molecule has 3 aromatic rings. The number of halogens is 1. The second-order valence-electron chi connectivity index (χ2n) is 6.64. The lowest BCUT2D eigenvalue weighted by molar-refractivity contribution is -0.121. The number of amides is 1. The number of hydrogen-bond donors (Lipinski definition) is 1. The maximum absolute atomic E-state index is 12.7. The summed E-state index contributed by atoms with van der Waals surface area (Å²) in [6.07, 6.45) is 0. The van der Waals surface area contributed by atoms with Gasteiger partial charge in [0, 0.05) is 16.4 Å². The van der Waals surface area contributed by atoms with Crippen molar-refractivity contribution in [3.8, 4) is 0 Å². The molecule has 1 aromatic heterocycles. The average molecular weight is 493 g/mol. The van der Waals surface area contributed by atoms with Crippen molar-refractivity contribution < 1.29 is 13.2 Å². The standard InChI is InChI=1S/C21H21BrN2O3S2/c1-15-5-7-16(8-6-15)21(19-4-3-13-28-19)23-20(25)14-24(2)29(26,27)18-11-9-17(22)10-12-18/h3-13,21H,14H2,1-2H3,(H,23,25). The SMILES string of the molecule is Cc1ccc(C(NC(=O)CN(C)S(=O)(=O)c2ccc(Br)cc2)c2cccs2)cc1. The van der Waals surface area contributed by atoms with Gasteiger partial charge in [-0.05, 0) is 48.2 Å². The van der Waals surface area contributed by atoms with E-state index in [2.05, 4.69) is 21.2 Å². The van der Waals surface area contributed by atoms with Crippen molar-refractivity contribution >= 4 is 43.2 Å². The fraction of sp³-hybridized carbons (Fsp3) is 0.190. The highest BCUT2D eigenvalue weighted by Gasteiger charge is 2.25. The van der Waals surface area contributed by atoms with Gasteiger partial charge in [-0.15, -0.1) is 11.3 Å². The molecule has 3 rings (SSSR count). The Balaban J connectivity index is 1.76. The van der Waals surface area contributed by atoms with Crippen LogP contribution in [0.1, 0.15) is 22.0 Å². The zero-order valence-corrected chi connectivity index (χ0v) is 19.2. The minimum Gasteiger partial charge on any atom is -0.343 e. The van der Waals surface area contributed by atoms with Crippen LogP contribution in [-0.2, 0) is 14.8 Å². The summed E-state index contributed by atoms with van der Waals surface area (Å²) in [5, 5.41) is 4.93. The van der Waals surface area contributed by atoms with Gasteiger partial charge in [-0.25, -0.2) is 8.42 Å². The summed E-state index contributed by atoms with van der Waals surface area (Å²) in [4.78, 5) is 13.8. The molecule has 8 heteroatoms. The minimum absolute atomic E-state index is 0.143. The summed E-state index contributed by atoms with van der Waals surface area (Å²) in [6, 6.07) is 17.8. The Bertz CT molecular complexity index is 1060.